The van der Waals surface area contributed by atoms with Gasteiger partial charge >= 0.3 is 0 Å². The van der Waals surface area contributed by atoms with Gasteiger partial charge in [0, 0.05) is 56.9 Å². The second kappa shape index (κ2) is 11.7. The lowest BCUT2D eigenvalue weighted by atomic mass is 10.1. The average Bonchev–Trinajstić information content (AvgIpc) is 3.75. The number of aryl methyl sites for hydroxylation is 1. The highest BCUT2D eigenvalue weighted by Crippen LogP contribution is 2.42. The smallest absolute Gasteiger partial charge is 0.250 e. The Morgan fingerprint density at radius 3 is 2.72 bits per heavy atom. The lowest BCUT2D eigenvalue weighted by Crippen LogP contribution is -2.41. The number of aromatic nitrogens is 6. The number of pyridine rings is 1. The van der Waals surface area contributed by atoms with Gasteiger partial charge in [0.1, 0.15) is 28.6 Å². The highest BCUT2D eigenvalue weighted by atomic mass is 32.1. The Kier molecular flexibility index (Phi) is 7.66. The number of hydrogen-bond acceptors (Lipinski definition) is 8. The van der Waals surface area contributed by atoms with Gasteiger partial charge in [-0.3, -0.25) is 4.90 Å². The standard InChI is InChI=1S/C31H33F2N7O2S/c1-21-26(24-19-23(10-13-39(24)36-21)41-18-16-38-14-11-31(32,33)12-15-38)30-35-27(22-7-3-2-4-8-22)28(43-30)29-34-20-40(37-29)25-9-5-6-17-42-25/h2-4,7-8,10,13,19-20,25H,5-6,9,11-12,14-18H2,1H3. The molecular weight excluding hydrogens is 572 g/mol. The van der Waals surface area contributed by atoms with E-state index in [1.54, 1.807) is 17.7 Å². The van der Waals surface area contributed by atoms with E-state index in [1.807, 2.05) is 69.7 Å². The Hall–Kier alpha value is -3.74. The lowest BCUT2D eigenvalue weighted by molar-refractivity contribution is -0.0564. The molecular formula is C31H33F2N7O2S. The summed E-state index contributed by atoms with van der Waals surface area (Å²) >= 11 is 1.54. The van der Waals surface area contributed by atoms with Crippen LogP contribution in [0.4, 0.5) is 8.78 Å². The molecule has 2 fully saturated rings. The minimum absolute atomic E-state index is 0.0949. The summed E-state index contributed by atoms with van der Waals surface area (Å²) in [6.45, 7) is 4.51. The molecule has 43 heavy (non-hydrogen) atoms. The molecule has 0 bridgehead atoms. The molecule has 9 nitrogen and oxygen atoms in total. The van der Waals surface area contributed by atoms with Crippen LogP contribution in [0, 0.1) is 6.92 Å². The van der Waals surface area contributed by atoms with Crippen molar-refractivity contribution in [2.24, 2.45) is 0 Å². The molecule has 0 N–H and O–H groups in total. The van der Waals surface area contributed by atoms with Gasteiger partial charge in [-0.25, -0.2) is 27.9 Å². The van der Waals surface area contributed by atoms with Gasteiger partial charge in [0.25, 0.3) is 5.92 Å². The first-order chi connectivity index (χ1) is 20.9. The first kappa shape index (κ1) is 28.1. The van der Waals surface area contributed by atoms with Crippen molar-refractivity contribution in [2.75, 3.05) is 32.8 Å². The van der Waals surface area contributed by atoms with Crippen LogP contribution in [0.3, 0.4) is 0 Å². The van der Waals surface area contributed by atoms with Crippen molar-refractivity contribution in [3.8, 4) is 38.3 Å². The highest BCUT2D eigenvalue weighted by Gasteiger charge is 2.33. The quantitative estimate of drug-likeness (QED) is 0.200. The molecule has 4 aromatic heterocycles. The number of hydrogen-bond donors (Lipinski definition) is 0. The molecule has 7 rings (SSSR count). The number of nitrogens with zero attached hydrogens (tertiary/aromatic N) is 7. The van der Waals surface area contributed by atoms with Gasteiger partial charge in [-0.15, -0.1) is 16.4 Å². The van der Waals surface area contributed by atoms with Crippen LogP contribution in [0.15, 0.2) is 55.0 Å². The van der Waals surface area contributed by atoms with Crippen LogP contribution in [0.5, 0.6) is 5.75 Å². The van der Waals surface area contributed by atoms with E-state index >= 15 is 0 Å². The van der Waals surface area contributed by atoms with E-state index in [9.17, 15) is 8.78 Å². The van der Waals surface area contributed by atoms with E-state index in [2.05, 4.69) is 4.98 Å². The molecule has 2 aliphatic heterocycles. The molecule has 0 radical (unpaired) electrons. The fourth-order valence-electron chi connectivity index (χ4n) is 5.72. The van der Waals surface area contributed by atoms with Crippen molar-refractivity contribution in [3.05, 3.63) is 60.7 Å². The van der Waals surface area contributed by atoms with Gasteiger partial charge in [0.05, 0.1) is 22.5 Å². The van der Waals surface area contributed by atoms with Crippen LogP contribution < -0.4 is 4.74 Å². The fourth-order valence-corrected chi connectivity index (χ4v) is 6.84. The van der Waals surface area contributed by atoms with E-state index in [-0.39, 0.29) is 19.1 Å². The largest absolute Gasteiger partial charge is 0.492 e. The third-order valence-corrected chi connectivity index (χ3v) is 9.16. The van der Waals surface area contributed by atoms with Crippen molar-refractivity contribution in [2.45, 2.75) is 51.2 Å². The Labute approximate surface area is 252 Å². The number of alkyl halides is 2. The number of ether oxygens (including phenoxy) is 2. The molecule has 2 aliphatic rings. The third kappa shape index (κ3) is 5.91. The van der Waals surface area contributed by atoms with Crippen molar-refractivity contribution in [3.63, 3.8) is 0 Å². The van der Waals surface area contributed by atoms with Crippen LogP contribution in [-0.2, 0) is 4.74 Å². The highest BCUT2D eigenvalue weighted by molar-refractivity contribution is 7.19. The Bertz CT molecular complexity index is 1700. The van der Waals surface area contributed by atoms with E-state index in [1.165, 1.54) is 0 Å². The Morgan fingerprint density at radius 2 is 1.93 bits per heavy atom. The van der Waals surface area contributed by atoms with Gasteiger partial charge in [-0.1, -0.05) is 30.3 Å². The van der Waals surface area contributed by atoms with Crippen molar-refractivity contribution in [1.29, 1.82) is 0 Å². The molecule has 0 saturated carbocycles. The SMILES string of the molecule is Cc1nn2ccc(OCCN3CCC(F)(F)CC3)cc2c1-c1nc(-c2ccccc2)c(-c2ncn(C3CCCCO3)n2)s1. The molecule has 6 heterocycles. The van der Waals surface area contributed by atoms with Crippen LogP contribution >= 0.6 is 11.3 Å². The fraction of sp³-hybridized carbons (Fsp3) is 0.419. The summed E-state index contributed by atoms with van der Waals surface area (Å²) in [5.41, 5.74) is 4.45. The summed E-state index contributed by atoms with van der Waals surface area (Å²) < 4.78 is 42.7. The van der Waals surface area contributed by atoms with Crippen LogP contribution in [0.1, 0.15) is 44.0 Å². The number of benzene rings is 1. The maximum absolute atomic E-state index is 13.5. The molecule has 224 valence electrons. The number of thiazole rings is 1. The molecule has 0 spiro atoms. The van der Waals surface area contributed by atoms with Crippen LogP contribution in [0.2, 0.25) is 0 Å². The Morgan fingerprint density at radius 1 is 1.09 bits per heavy atom. The van der Waals surface area contributed by atoms with Gasteiger partial charge in [0.15, 0.2) is 12.1 Å². The summed E-state index contributed by atoms with van der Waals surface area (Å²) in [5.74, 6) is -1.23. The third-order valence-electron chi connectivity index (χ3n) is 8.10. The molecule has 1 aromatic carbocycles. The van der Waals surface area contributed by atoms with Crippen LogP contribution in [-0.4, -0.2) is 73.0 Å². The van der Waals surface area contributed by atoms with Gasteiger partial charge in [-0.05, 0) is 32.3 Å². The average molecular weight is 606 g/mol. The molecule has 0 amide bonds. The van der Waals surface area contributed by atoms with Crippen molar-refractivity contribution in [1.82, 2.24) is 34.3 Å². The lowest BCUT2D eigenvalue weighted by Gasteiger charge is -2.31. The number of halogens is 2. The monoisotopic (exact) mass is 605 g/mol. The number of rotatable bonds is 8. The maximum Gasteiger partial charge on any atom is 0.250 e. The zero-order valence-electron chi connectivity index (χ0n) is 24.0. The minimum atomic E-state index is -2.55. The first-order valence-corrected chi connectivity index (χ1v) is 15.6. The summed E-state index contributed by atoms with van der Waals surface area (Å²) in [6, 6.07) is 13.9. The number of fused-ring (bicyclic) bond motifs is 1. The summed E-state index contributed by atoms with van der Waals surface area (Å²) in [6.07, 6.45) is 6.43. The second-order valence-electron chi connectivity index (χ2n) is 11.1. The maximum atomic E-state index is 13.5. The molecule has 5 aromatic rings. The van der Waals surface area contributed by atoms with Gasteiger partial charge in [0.2, 0.25) is 0 Å². The normalized spacial score (nSPS) is 19.2. The van der Waals surface area contributed by atoms with Crippen molar-refractivity contribution >= 4 is 16.9 Å². The molecule has 0 aliphatic carbocycles. The minimum Gasteiger partial charge on any atom is -0.492 e. The Balaban J connectivity index is 1.19. The number of piperidine rings is 1. The first-order valence-electron chi connectivity index (χ1n) is 14.8. The predicted molar refractivity (Wildman–Crippen MR) is 160 cm³/mol. The summed E-state index contributed by atoms with van der Waals surface area (Å²) in [5, 5.41) is 10.4. The van der Waals surface area contributed by atoms with E-state index < -0.39 is 5.92 Å². The predicted octanol–water partition coefficient (Wildman–Crippen LogP) is 6.50. The summed E-state index contributed by atoms with van der Waals surface area (Å²) in [7, 11) is 0. The van der Waals surface area contributed by atoms with Crippen LogP contribution in [0.25, 0.3) is 38.0 Å². The number of likely N-dealkylation sites (tertiary alicyclic amines) is 1. The van der Waals surface area contributed by atoms with E-state index in [0.717, 1.165) is 63.8 Å². The van der Waals surface area contributed by atoms with Gasteiger partial charge in [-0.2, -0.15) is 5.10 Å². The van der Waals surface area contributed by atoms with Gasteiger partial charge < -0.3 is 9.47 Å². The zero-order chi connectivity index (χ0) is 29.4. The van der Waals surface area contributed by atoms with Crippen molar-refractivity contribution < 1.29 is 18.3 Å². The molecule has 1 unspecified atom stereocenters. The van der Waals surface area contributed by atoms with E-state index in [0.29, 0.717) is 37.8 Å². The molecule has 12 heteroatoms. The second-order valence-corrected chi connectivity index (χ2v) is 12.1. The zero-order valence-corrected chi connectivity index (χ0v) is 24.8. The molecule has 2 saturated heterocycles. The molecule has 1 atom stereocenters. The van der Waals surface area contributed by atoms with E-state index in [4.69, 9.17) is 24.7 Å². The topological polar surface area (TPSA) is 82.6 Å². The summed E-state index contributed by atoms with van der Waals surface area (Å²) in [4.78, 5) is 12.7.